The maximum atomic E-state index is 14.6. The fraction of sp³-hybridized carbons (Fsp3) is 0.333. The average Bonchev–Trinajstić information content (AvgIpc) is 1.60. The third-order valence-electron chi connectivity index (χ3n) is 14.5. The molecule has 9 aromatic heterocycles. The summed E-state index contributed by atoms with van der Waals surface area (Å²) in [5.74, 6) is -2.14. The summed E-state index contributed by atoms with van der Waals surface area (Å²) >= 11 is 18.0. The molecule has 0 aromatic carbocycles. The van der Waals surface area contributed by atoms with Gasteiger partial charge in [0.25, 0.3) is 0 Å². The zero-order valence-corrected chi connectivity index (χ0v) is 48.4. The second-order valence-corrected chi connectivity index (χ2v) is 22.1. The van der Waals surface area contributed by atoms with Crippen molar-refractivity contribution in [1.29, 1.82) is 0 Å². The van der Waals surface area contributed by atoms with Crippen molar-refractivity contribution >= 4 is 103 Å². The first kappa shape index (κ1) is 64.2. The topological polar surface area (TPSA) is 301 Å². The molecule has 4 atom stereocenters. The molecule has 0 radical (unpaired) electrons. The molecule has 9 aromatic rings. The molecule has 36 heteroatoms. The molecule has 0 bridgehead atoms. The third kappa shape index (κ3) is 14.8. The molecule has 90 heavy (non-hydrogen) atoms. The number of hydrogen-bond donors (Lipinski definition) is 8. The first-order valence-electron chi connectivity index (χ1n) is 26.8. The number of nitrogens with zero attached hydrogens (tertiary/aromatic N) is 12. The number of aliphatic hydroxyl groups excluding tert-OH is 2. The molecule has 1 aliphatic carbocycles. The molecule has 2 aliphatic heterocycles. The molecular weight excluding hydrogens is 1280 g/mol. The van der Waals surface area contributed by atoms with Crippen LogP contribution in [0.4, 0.5) is 61.4 Å². The molecule has 11 heterocycles. The van der Waals surface area contributed by atoms with Gasteiger partial charge in [0.05, 0.1) is 33.5 Å². The van der Waals surface area contributed by atoms with Crippen molar-refractivity contribution in [2.45, 2.75) is 74.0 Å². The number of hydrogen-bond acceptors (Lipinski definition) is 17. The number of fused-ring (bicyclic) bond motifs is 3. The summed E-state index contributed by atoms with van der Waals surface area (Å²) in [5, 5.41) is 28.9. The number of anilines is 3. The van der Waals surface area contributed by atoms with Crippen molar-refractivity contribution in [3.63, 3.8) is 0 Å². The van der Waals surface area contributed by atoms with Crippen molar-refractivity contribution in [2.75, 3.05) is 54.5 Å². The van der Waals surface area contributed by atoms with Crippen LogP contribution in [0, 0.1) is 5.82 Å². The Morgan fingerprint density at radius 1 is 0.611 bits per heavy atom. The fourth-order valence-corrected chi connectivity index (χ4v) is 10.6. The van der Waals surface area contributed by atoms with Gasteiger partial charge >= 0.3 is 18.5 Å². The molecule has 482 valence electrons. The van der Waals surface area contributed by atoms with E-state index in [9.17, 15) is 68.5 Å². The number of pyridine rings is 3. The van der Waals surface area contributed by atoms with Gasteiger partial charge in [-0.05, 0) is 43.2 Å². The highest BCUT2D eigenvalue weighted by molar-refractivity contribution is 6.32. The van der Waals surface area contributed by atoms with Crippen molar-refractivity contribution in [1.82, 2.24) is 75.8 Å². The van der Waals surface area contributed by atoms with Crippen LogP contribution in [0.3, 0.4) is 0 Å². The lowest BCUT2D eigenvalue weighted by Gasteiger charge is -2.28. The summed E-state index contributed by atoms with van der Waals surface area (Å²) in [4.78, 5) is 88.3. The first-order chi connectivity index (χ1) is 42.5. The Labute approximate surface area is 521 Å². The van der Waals surface area contributed by atoms with Crippen molar-refractivity contribution < 1.29 is 74.2 Å². The normalized spacial score (nSPS) is 18.0. The number of H-pyrrole nitrogens is 3. The number of aromatic amines is 3. The number of β-amino-alcohol motifs (C(OH)–C–C–N with tert-alkyl or cyclic N) is 2. The molecule has 2 saturated heterocycles. The molecule has 3 amide bonds. The summed E-state index contributed by atoms with van der Waals surface area (Å²) in [6, 6.07) is 6.00. The van der Waals surface area contributed by atoms with E-state index in [0.29, 0.717) is 95.6 Å². The number of halogens is 13. The van der Waals surface area contributed by atoms with Crippen molar-refractivity contribution in [2.24, 2.45) is 0 Å². The summed E-state index contributed by atoms with van der Waals surface area (Å²) in [6.07, 6.45) is -1.51. The van der Waals surface area contributed by atoms with Crippen molar-refractivity contribution in [3.8, 4) is 34.2 Å². The van der Waals surface area contributed by atoms with Gasteiger partial charge in [0, 0.05) is 121 Å². The highest BCUT2D eigenvalue weighted by Crippen LogP contribution is 2.44. The highest BCUT2D eigenvalue weighted by Gasteiger charge is 2.54. The average molecular weight is 1330 g/mol. The number of aliphatic hydroxyl groups is 2. The Kier molecular flexibility index (Phi) is 18.3. The SMILES string of the molecule is CN(c1ccnc(-c2c[nH]c3ncc(Cl)cc23)n1)C1(C(=O)NCC(F)(F)F)CC1.O=C(NCC(F)(F)F)[C@H]1C[C@H](O)CN1c1ccnc(-c2c[nH]c3ncc(Cl)cc23)n1.O=C(NCC(F)(F)F)[C@H]1C[C@H](O)CN1c1nc(-c2c[nH]c3ncc(Cl)cc23)ncc1F.[HH].[HH].[HH].[HH]. The second kappa shape index (κ2) is 25.6. The van der Waals surface area contributed by atoms with Gasteiger partial charge in [0.15, 0.2) is 29.1 Å². The van der Waals surface area contributed by atoms with Crippen LogP contribution in [0.2, 0.25) is 15.1 Å². The lowest BCUT2D eigenvalue weighted by atomic mass is 10.2. The van der Waals surface area contributed by atoms with Crippen LogP contribution in [-0.2, 0) is 14.4 Å². The number of likely N-dealkylation sites (N-methyl/N-ethyl adjacent to an activating group) is 1. The summed E-state index contributed by atoms with van der Waals surface area (Å²) in [7, 11) is 1.64. The highest BCUT2D eigenvalue weighted by atomic mass is 35.5. The van der Waals surface area contributed by atoms with E-state index in [-0.39, 0.29) is 43.3 Å². The standard InChI is InChI=1S/C18H15ClF4N6O2.C18H16ClF3N6O2.C18H16ClF3N6O.4H2/c19-8-1-10-11(4-25-14(10)24-3-8)15-26-5-12(20)16(28-15)29-6-9(30)2-13(29)17(31)27-7-18(21,22)23;19-9-3-11-12(6-25-15(11)24-5-9)16-23-2-1-14(27-16)28-7-10(29)4-13(28)17(30)26-8-18(20,21)22;1-28(17(3-4-17)16(29)26-9-18(20,21)22)13-2-5-23-15(27-13)12-8-25-14-11(12)6-10(19)7-24-14;;;;/h1,3-5,9,13,30H,2,6-7H2,(H,24,25)(H,27,31);1-3,5-6,10,13,29H,4,7-8H2,(H,24,25)(H,26,30);2,5-8H,3-4,9H2,1H3,(H,24,25)(H,26,29);4*1H/t9-,13+;10-,13+;;;;;/m00...../s1. The monoisotopic (exact) mass is 1330 g/mol. The molecule has 0 unspecified atom stereocenters. The van der Waals surface area contributed by atoms with Crippen molar-refractivity contribution in [3.05, 3.63) is 107 Å². The van der Waals surface area contributed by atoms with Crippen LogP contribution in [0.15, 0.2) is 86.1 Å². The number of carbonyl (C=O) groups excluding carboxylic acids is 3. The zero-order chi connectivity index (χ0) is 64.6. The van der Waals surface area contributed by atoms with Gasteiger partial charge in [-0.1, -0.05) is 34.8 Å². The Bertz CT molecular complexity index is 4160. The van der Waals surface area contributed by atoms with E-state index in [0.717, 1.165) is 16.5 Å². The number of nitrogens with one attached hydrogen (secondary N) is 6. The predicted molar refractivity (Wildman–Crippen MR) is 316 cm³/mol. The van der Waals surface area contributed by atoms with E-state index in [1.54, 1.807) is 60.1 Å². The van der Waals surface area contributed by atoms with E-state index in [1.807, 2.05) is 10.6 Å². The number of carbonyl (C=O) groups is 3. The Morgan fingerprint density at radius 3 is 1.50 bits per heavy atom. The van der Waals surface area contributed by atoms with Crippen LogP contribution in [0.1, 0.15) is 31.4 Å². The number of alkyl halides is 9. The molecule has 23 nitrogen and oxygen atoms in total. The van der Waals surface area contributed by atoms with E-state index < -0.39 is 91.5 Å². The van der Waals surface area contributed by atoms with Gasteiger partial charge in [0.1, 0.15) is 65.8 Å². The van der Waals surface area contributed by atoms with Crippen LogP contribution >= 0.6 is 34.8 Å². The number of aromatic nitrogens is 12. The predicted octanol–water partition coefficient (Wildman–Crippen LogP) is 9.03. The Morgan fingerprint density at radius 2 is 1.03 bits per heavy atom. The van der Waals surface area contributed by atoms with Gasteiger partial charge in [-0.3, -0.25) is 14.4 Å². The molecule has 8 N–H and O–H groups in total. The Hall–Kier alpha value is -8.79. The Balaban J connectivity index is 0.000000219. The van der Waals surface area contributed by atoms with Gasteiger partial charge < -0.3 is 55.8 Å². The number of amides is 3. The van der Waals surface area contributed by atoms with Gasteiger partial charge in [0.2, 0.25) is 17.7 Å². The van der Waals surface area contributed by atoms with Crippen LogP contribution in [-0.4, -0.2) is 176 Å². The van der Waals surface area contributed by atoms with E-state index >= 15 is 0 Å². The smallest absolute Gasteiger partial charge is 0.391 e. The second-order valence-electron chi connectivity index (χ2n) is 20.8. The quantitative estimate of drug-likeness (QED) is 0.0499. The van der Waals surface area contributed by atoms with Crippen LogP contribution in [0.25, 0.3) is 67.3 Å². The van der Waals surface area contributed by atoms with Crippen LogP contribution < -0.4 is 30.7 Å². The zero-order valence-electron chi connectivity index (χ0n) is 46.2. The summed E-state index contributed by atoms with van der Waals surface area (Å²) < 4.78 is 127. The summed E-state index contributed by atoms with van der Waals surface area (Å²) in [5.41, 5.74) is 2.43. The summed E-state index contributed by atoms with van der Waals surface area (Å²) in [6.45, 7) is -4.46. The van der Waals surface area contributed by atoms with E-state index in [1.165, 1.54) is 42.0 Å². The maximum Gasteiger partial charge on any atom is 0.405 e. The lowest BCUT2D eigenvalue weighted by Crippen LogP contribution is -2.50. The minimum absolute atomic E-state index is 0. The lowest BCUT2D eigenvalue weighted by molar-refractivity contribution is -0.139. The fourth-order valence-electron chi connectivity index (χ4n) is 10.1. The van der Waals surface area contributed by atoms with Crippen LogP contribution in [0.5, 0.6) is 0 Å². The molecule has 1 saturated carbocycles. The van der Waals surface area contributed by atoms with E-state index in [2.05, 4.69) is 59.8 Å². The van der Waals surface area contributed by atoms with Gasteiger partial charge in [-0.15, -0.1) is 0 Å². The molecule has 0 spiro atoms. The van der Waals surface area contributed by atoms with E-state index in [4.69, 9.17) is 34.8 Å². The van der Waals surface area contributed by atoms with Gasteiger partial charge in [-0.25, -0.2) is 49.2 Å². The molecular formula is C54H55Cl3F10N18O5. The number of rotatable bonds is 13. The first-order valence-corrected chi connectivity index (χ1v) is 27.9. The van der Waals surface area contributed by atoms with Gasteiger partial charge in [-0.2, -0.15) is 39.5 Å². The largest absolute Gasteiger partial charge is 0.405 e. The maximum absolute atomic E-state index is 14.6. The molecule has 12 rings (SSSR count). The molecule has 3 aliphatic rings. The minimum atomic E-state index is -4.60. The third-order valence-corrected chi connectivity index (χ3v) is 15.1. The minimum Gasteiger partial charge on any atom is -0.391 e. The molecule has 3 fully saturated rings.